The molecule has 0 atom stereocenters. The molecule has 7 heteroatoms. The highest BCUT2D eigenvalue weighted by Crippen LogP contribution is 2.19. The molecule has 0 amide bonds. The fourth-order valence-corrected chi connectivity index (χ4v) is 2.75. The van der Waals surface area contributed by atoms with E-state index in [1.54, 1.807) is 17.9 Å². The van der Waals surface area contributed by atoms with E-state index in [2.05, 4.69) is 0 Å². The van der Waals surface area contributed by atoms with Gasteiger partial charge in [-0.1, -0.05) is 30.3 Å². The monoisotopic (exact) mass is 327 g/mol. The molecule has 2 aromatic carbocycles. The van der Waals surface area contributed by atoms with Gasteiger partial charge in [-0.2, -0.15) is 0 Å². The van der Waals surface area contributed by atoms with Crippen molar-refractivity contribution in [2.24, 2.45) is 0 Å². The van der Waals surface area contributed by atoms with E-state index in [0.717, 1.165) is 5.56 Å². The van der Waals surface area contributed by atoms with Crippen LogP contribution in [0.5, 0.6) is 0 Å². The third-order valence-electron chi connectivity index (χ3n) is 3.91. The standard InChI is InChI=1S/C17H17N3O4/c1-24-10-9-18-16-8-7-14(20(22)23)11-15(16)17(21)19(18)12-13-5-3-2-4-6-13/h2-8,11H,9-10,12H2,1H3. The Labute approximate surface area is 137 Å². The number of rotatable bonds is 6. The van der Waals surface area contributed by atoms with Crippen LogP contribution in [-0.2, 0) is 17.8 Å². The van der Waals surface area contributed by atoms with Gasteiger partial charge in [-0.3, -0.25) is 19.6 Å². The minimum absolute atomic E-state index is 0.0876. The summed E-state index contributed by atoms with van der Waals surface area (Å²) >= 11 is 0. The molecule has 0 aliphatic heterocycles. The van der Waals surface area contributed by atoms with E-state index in [1.807, 2.05) is 35.0 Å². The summed E-state index contributed by atoms with van der Waals surface area (Å²) in [5.41, 5.74) is 1.32. The summed E-state index contributed by atoms with van der Waals surface area (Å²) in [5, 5.41) is 11.3. The number of nitro groups is 1. The van der Waals surface area contributed by atoms with E-state index < -0.39 is 4.92 Å². The fourth-order valence-electron chi connectivity index (χ4n) is 2.75. The number of benzene rings is 2. The molecule has 0 N–H and O–H groups in total. The normalized spacial score (nSPS) is 11.0. The predicted octanol–water partition coefficient (Wildman–Crippen LogP) is 2.41. The molecule has 0 radical (unpaired) electrons. The molecule has 0 aliphatic carbocycles. The third kappa shape index (κ3) is 2.93. The molecule has 1 heterocycles. The van der Waals surface area contributed by atoms with Crippen molar-refractivity contribution >= 4 is 16.6 Å². The average molecular weight is 327 g/mol. The van der Waals surface area contributed by atoms with Gasteiger partial charge in [0, 0.05) is 19.2 Å². The Morgan fingerprint density at radius 3 is 2.54 bits per heavy atom. The zero-order valence-electron chi connectivity index (χ0n) is 13.2. The molecule has 0 saturated heterocycles. The van der Waals surface area contributed by atoms with Crippen LogP contribution < -0.4 is 5.56 Å². The molecule has 124 valence electrons. The molecule has 0 fully saturated rings. The Morgan fingerprint density at radius 1 is 1.12 bits per heavy atom. The van der Waals surface area contributed by atoms with Gasteiger partial charge in [0.25, 0.3) is 11.2 Å². The minimum atomic E-state index is -0.493. The molecule has 3 aromatic rings. The van der Waals surface area contributed by atoms with E-state index in [9.17, 15) is 14.9 Å². The SMILES string of the molecule is COCCn1c2ccc([N+](=O)[O-])cc2c(=O)n1Cc1ccccc1. The van der Waals surface area contributed by atoms with Gasteiger partial charge in [0.05, 0.1) is 35.5 Å². The van der Waals surface area contributed by atoms with Gasteiger partial charge >= 0.3 is 0 Å². The van der Waals surface area contributed by atoms with Gasteiger partial charge in [-0.15, -0.1) is 0 Å². The van der Waals surface area contributed by atoms with E-state index >= 15 is 0 Å². The average Bonchev–Trinajstić information content (AvgIpc) is 2.85. The van der Waals surface area contributed by atoms with Crippen molar-refractivity contribution in [2.45, 2.75) is 13.1 Å². The zero-order chi connectivity index (χ0) is 17.1. The smallest absolute Gasteiger partial charge is 0.275 e. The first kappa shape index (κ1) is 15.9. The van der Waals surface area contributed by atoms with Crippen LogP contribution in [0.2, 0.25) is 0 Å². The molecule has 24 heavy (non-hydrogen) atoms. The van der Waals surface area contributed by atoms with Crippen molar-refractivity contribution in [3.63, 3.8) is 0 Å². The van der Waals surface area contributed by atoms with Crippen LogP contribution in [0.15, 0.2) is 53.3 Å². The molecule has 0 saturated carbocycles. The van der Waals surface area contributed by atoms with Crippen molar-refractivity contribution < 1.29 is 9.66 Å². The van der Waals surface area contributed by atoms with Crippen LogP contribution in [0.25, 0.3) is 10.9 Å². The van der Waals surface area contributed by atoms with Crippen molar-refractivity contribution in [2.75, 3.05) is 13.7 Å². The number of methoxy groups -OCH3 is 1. The Hall–Kier alpha value is -2.93. The number of hydrogen-bond donors (Lipinski definition) is 0. The second kappa shape index (κ2) is 6.67. The maximum atomic E-state index is 12.8. The lowest BCUT2D eigenvalue weighted by molar-refractivity contribution is -0.384. The van der Waals surface area contributed by atoms with Crippen LogP contribution in [0.4, 0.5) is 5.69 Å². The molecule has 0 bridgehead atoms. The predicted molar refractivity (Wildman–Crippen MR) is 90.3 cm³/mol. The van der Waals surface area contributed by atoms with Gasteiger partial charge < -0.3 is 4.74 Å². The highest BCUT2D eigenvalue weighted by molar-refractivity contribution is 5.81. The summed E-state index contributed by atoms with van der Waals surface area (Å²) in [6, 6.07) is 14.0. The largest absolute Gasteiger partial charge is 0.383 e. The Balaban J connectivity index is 2.16. The number of aromatic nitrogens is 2. The maximum absolute atomic E-state index is 12.8. The van der Waals surface area contributed by atoms with E-state index in [-0.39, 0.29) is 11.2 Å². The first-order valence-corrected chi connectivity index (χ1v) is 7.52. The lowest BCUT2D eigenvalue weighted by Gasteiger charge is -2.12. The maximum Gasteiger partial charge on any atom is 0.275 e. The molecule has 0 aliphatic rings. The summed E-state index contributed by atoms with van der Waals surface area (Å²) in [6.07, 6.45) is 0. The van der Waals surface area contributed by atoms with Crippen LogP contribution >= 0.6 is 0 Å². The highest BCUT2D eigenvalue weighted by atomic mass is 16.6. The lowest BCUT2D eigenvalue weighted by atomic mass is 10.2. The summed E-state index contributed by atoms with van der Waals surface area (Å²) < 4.78 is 8.54. The number of non-ortho nitro benzene ring substituents is 1. The molecule has 0 unspecified atom stereocenters. The quantitative estimate of drug-likeness (QED) is 0.514. The van der Waals surface area contributed by atoms with Crippen molar-refractivity contribution in [1.29, 1.82) is 0 Å². The first-order chi connectivity index (χ1) is 11.6. The van der Waals surface area contributed by atoms with Crippen LogP contribution in [0.1, 0.15) is 5.56 Å². The van der Waals surface area contributed by atoms with Crippen molar-refractivity contribution in [3.8, 4) is 0 Å². The van der Waals surface area contributed by atoms with Gasteiger partial charge in [-0.25, -0.2) is 4.68 Å². The molecule has 7 nitrogen and oxygen atoms in total. The van der Waals surface area contributed by atoms with Crippen LogP contribution in [-0.4, -0.2) is 28.0 Å². The van der Waals surface area contributed by atoms with Crippen molar-refractivity contribution in [1.82, 2.24) is 9.36 Å². The Kier molecular flexibility index (Phi) is 4.43. The van der Waals surface area contributed by atoms with Gasteiger partial charge in [0.2, 0.25) is 0 Å². The summed E-state index contributed by atoms with van der Waals surface area (Å²) in [7, 11) is 1.59. The van der Waals surface area contributed by atoms with Gasteiger partial charge in [-0.05, 0) is 11.6 Å². The first-order valence-electron chi connectivity index (χ1n) is 7.52. The van der Waals surface area contributed by atoms with Crippen LogP contribution in [0.3, 0.4) is 0 Å². The van der Waals surface area contributed by atoms with E-state index in [4.69, 9.17) is 4.74 Å². The topological polar surface area (TPSA) is 79.3 Å². The summed E-state index contributed by atoms with van der Waals surface area (Å²) in [4.78, 5) is 23.3. The number of fused-ring (bicyclic) bond motifs is 1. The number of hydrogen-bond acceptors (Lipinski definition) is 4. The summed E-state index contributed by atoms with van der Waals surface area (Å²) in [6.45, 7) is 1.32. The number of ether oxygens (including phenoxy) is 1. The van der Waals surface area contributed by atoms with Gasteiger partial charge in [0.15, 0.2) is 0 Å². The highest BCUT2D eigenvalue weighted by Gasteiger charge is 2.17. The molecule has 0 spiro atoms. The Bertz CT molecular complexity index is 928. The van der Waals surface area contributed by atoms with Crippen LogP contribution in [0, 0.1) is 10.1 Å². The molecule has 1 aromatic heterocycles. The fraction of sp³-hybridized carbons (Fsp3) is 0.235. The number of nitro benzene ring substituents is 1. The molecular weight excluding hydrogens is 310 g/mol. The second-order valence-electron chi connectivity index (χ2n) is 5.42. The third-order valence-corrected chi connectivity index (χ3v) is 3.91. The molecule has 3 rings (SSSR count). The zero-order valence-corrected chi connectivity index (χ0v) is 13.2. The summed E-state index contributed by atoms with van der Waals surface area (Å²) in [5.74, 6) is 0. The Morgan fingerprint density at radius 2 is 1.88 bits per heavy atom. The minimum Gasteiger partial charge on any atom is -0.383 e. The molecular formula is C17H17N3O4. The number of nitrogens with zero attached hydrogens (tertiary/aromatic N) is 3. The van der Waals surface area contributed by atoms with Crippen molar-refractivity contribution in [3.05, 3.63) is 74.6 Å². The second-order valence-corrected chi connectivity index (χ2v) is 5.42. The van der Waals surface area contributed by atoms with E-state index in [1.165, 1.54) is 12.1 Å². The lowest BCUT2D eigenvalue weighted by Crippen LogP contribution is -2.25. The van der Waals surface area contributed by atoms with Gasteiger partial charge in [0.1, 0.15) is 0 Å². The van der Waals surface area contributed by atoms with E-state index in [0.29, 0.717) is 30.6 Å².